The lowest BCUT2D eigenvalue weighted by atomic mass is 9.94. The summed E-state index contributed by atoms with van der Waals surface area (Å²) in [7, 11) is 0. The fraction of sp³-hybridized carbons (Fsp3) is 0.192. The van der Waals surface area contributed by atoms with Crippen LogP contribution in [0.3, 0.4) is 0 Å². The van der Waals surface area contributed by atoms with Crippen LogP contribution in [0, 0.1) is 6.92 Å². The van der Waals surface area contributed by atoms with Crippen LogP contribution in [0.2, 0.25) is 0 Å². The van der Waals surface area contributed by atoms with E-state index in [4.69, 9.17) is 0 Å². The van der Waals surface area contributed by atoms with E-state index >= 15 is 0 Å². The number of benzene rings is 3. The van der Waals surface area contributed by atoms with Crippen molar-refractivity contribution in [2.45, 2.75) is 25.4 Å². The number of para-hydroxylation sites is 1. The monoisotopic (exact) mass is 396 g/mol. The van der Waals surface area contributed by atoms with Gasteiger partial charge in [0.15, 0.2) is 0 Å². The van der Waals surface area contributed by atoms with Crippen molar-refractivity contribution >= 4 is 16.8 Å². The number of nitrogens with zero attached hydrogens (tertiary/aromatic N) is 1. The van der Waals surface area contributed by atoms with Crippen molar-refractivity contribution in [1.29, 1.82) is 0 Å². The van der Waals surface area contributed by atoms with Gasteiger partial charge in [0.25, 0.3) is 5.91 Å². The molecule has 1 aliphatic rings. The number of hydrogen-bond acceptors (Lipinski definition) is 2. The quantitative estimate of drug-likeness (QED) is 0.517. The second-order valence-corrected chi connectivity index (χ2v) is 7.94. The summed E-state index contributed by atoms with van der Waals surface area (Å²) in [5.41, 5.74) is 6.04. The summed E-state index contributed by atoms with van der Waals surface area (Å²) in [6.45, 7) is 1.97. The summed E-state index contributed by atoms with van der Waals surface area (Å²) in [6, 6.07) is 25.5. The third-order valence-corrected chi connectivity index (χ3v) is 6.13. The number of amides is 1. The molecule has 1 amide bonds. The molecule has 1 aliphatic heterocycles. The van der Waals surface area contributed by atoms with E-state index in [1.165, 1.54) is 0 Å². The van der Waals surface area contributed by atoms with Crippen LogP contribution in [-0.4, -0.2) is 33.5 Å². The number of nitrogens with one attached hydrogen (secondary N) is 1. The molecular formula is C26H24N2O2. The van der Waals surface area contributed by atoms with E-state index in [-0.39, 0.29) is 24.6 Å². The van der Waals surface area contributed by atoms with Gasteiger partial charge >= 0.3 is 0 Å². The number of aromatic nitrogens is 1. The Hall–Kier alpha value is -3.37. The highest BCUT2D eigenvalue weighted by molar-refractivity contribution is 6.01. The van der Waals surface area contributed by atoms with E-state index < -0.39 is 0 Å². The van der Waals surface area contributed by atoms with E-state index in [1.807, 2.05) is 71.6 Å². The molecule has 150 valence electrons. The molecule has 0 fully saturated rings. The highest BCUT2D eigenvalue weighted by Crippen LogP contribution is 2.44. The largest absolute Gasteiger partial charge is 0.394 e. The molecule has 2 atom stereocenters. The number of aliphatic hydroxyl groups is 1. The predicted molar refractivity (Wildman–Crippen MR) is 119 cm³/mol. The van der Waals surface area contributed by atoms with E-state index in [1.54, 1.807) is 0 Å². The Kier molecular flexibility index (Phi) is 4.64. The first kappa shape index (κ1) is 18.6. The first-order valence-corrected chi connectivity index (χ1v) is 10.3. The van der Waals surface area contributed by atoms with Crippen LogP contribution in [-0.2, 0) is 6.42 Å². The lowest BCUT2D eigenvalue weighted by Crippen LogP contribution is -2.42. The molecule has 5 rings (SSSR count). The van der Waals surface area contributed by atoms with Crippen LogP contribution in [0.25, 0.3) is 10.9 Å². The first-order chi connectivity index (χ1) is 14.7. The minimum absolute atomic E-state index is 0.0183. The number of aliphatic hydroxyl groups excluding tert-OH is 1. The minimum atomic E-state index is -0.314. The molecule has 0 aliphatic carbocycles. The maximum Gasteiger partial charge on any atom is 0.255 e. The predicted octanol–water partition coefficient (Wildman–Crippen LogP) is 4.63. The van der Waals surface area contributed by atoms with Gasteiger partial charge in [0.2, 0.25) is 0 Å². The fourth-order valence-corrected chi connectivity index (χ4v) is 4.80. The van der Waals surface area contributed by atoms with Gasteiger partial charge in [-0.05, 0) is 36.6 Å². The topological polar surface area (TPSA) is 56.3 Å². The van der Waals surface area contributed by atoms with E-state index in [2.05, 4.69) is 24.0 Å². The SMILES string of the molecule is Cc1[nH]c2ccccc2c1[C@@H]1c2ccccc2C(=O)N1[C@@H](CO)Cc1ccccc1. The summed E-state index contributed by atoms with van der Waals surface area (Å²) in [4.78, 5) is 18.9. The first-order valence-electron chi connectivity index (χ1n) is 10.3. The zero-order valence-corrected chi connectivity index (χ0v) is 16.9. The van der Waals surface area contributed by atoms with Crippen molar-refractivity contribution < 1.29 is 9.90 Å². The number of aryl methyl sites for hydroxylation is 1. The molecule has 4 aromatic rings. The standard InChI is InChI=1S/C26H24N2O2/c1-17-24(22-13-7-8-14-23(22)27-17)25-20-11-5-6-12-21(20)26(30)28(25)19(16-29)15-18-9-3-2-4-10-18/h2-14,19,25,27,29H,15-16H2,1H3/t19-,25+/m1/s1. The van der Waals surface area contributed by atoms with Crippen LogP contribution in [0.5, 0.6) is 0 Å². The smallest absolute Gasteiger partial charge is 0.255 e. The van der Waals surface area contributed by atoms with Crippen molar-refractivity contribution in [3.8, 4) is 0 Å². The Labute approximate surface area is 175 Å². The van der Waals surface area contributed by atoms with Crippen LogP contribution in [0.4, 0.5) is 0 Å². The summed E-state index contributed by atoms with van der Waals surface area (Å²) < 4.78 is 0. The third kappa shape index (κ3) is 2.92. The van der Waals surface area contributed by atoms with Crippen molar-refractivity contribution in [3.05, 3.63) is 107 Å². The molecule has 0 saturated carbocycles. The second-order valence-electron chi connectivity index (χ2n) is 7.94. The Balaban J connectivity index is 1.67. The molecule has 4 heteroatoms. The Morgan fingerprint density at radius 1 is 0.967 bits per heavy atom. The molecule has 0 unspecified atom stereocenters. The molecule has 0 bridgehead atoms. The van der Waals surface area contributed by atoms with E-state index in [0.717, 1.165) is 38.9 Å². The summed E-state index contributed by atoms with van der Waals surface area (Å²) in [5.74, 6) is -0.0183. The lowest BCUT2D eigenvalue weighted by Gasteiger charge is -2.33. The zero-order chi connectivity index (χ0) is 20.7. The number of carbonyl (C=O) groups is 1. The lowest BCUT2D eigenvalue weighted by molar-refractivity contribution is 0.0566. The molecule has 0 spiro atoms. The summed E-state index contributed by atoms with van der Waals surface area (Å²) in [6.07, 6.45) is 0.606. The maximum absolute atomic E-state index is 13.5. The van der Waals surface area contributed by atoms with Gasteiger partial charge in [-0.3, -0.25) is 4.79 Å². The van der Waals surface area contributed by atoms with Crippen molar-refractivity contribution in [3.63, 3.8) is 0 Å². The number of carbonyl (C=O) groups excluding carboxylic acids is 1. The van der Waals surface area contributed by atoms with Gasteiger partial charge in [-0.2, -0.15) is 0 Å². The van der Waals surface area contributed by atoms with Gasteiger partial charge in [0.1, 0.15) is 0 Å². The highest BCUT2D eigenvalue weighted by atomic mass is 16.3. The molecule has 2 N–H and O–H groups in total. The van der Waals surface area contributed by atoms with E-state index in [0.29, 0.717) is 6.42 Å². The Morgan fingerprint density at radius 3 is 2.47 bits per heavy atom. The number of fused-ring (bicyclic) bond motifs is 2. The maximum atomic E-state index is 13.5. The van der Waals surface area contributed by atoms with Crippen molar-refractivity contribution in [2.75, 3.05) is 6.61 Å². The number of aromatic amines is 1. The third-order valence-electron chi connectivity index (χ3n) is 6.13. The number of H-pyrrole nitrogens is 1. The number of hydrogen-bond donors (Lipinski definition) is 2. The van der Waals surface area contributed by atoms with Gasteiger partial charge in [-0.15, -0.1) is 0 Å². The van der Waals surface area contributed by atoms with E-state index in [9.17, 15) is 9.90 Å². The second kappa shape index (κ2) is 7.47. The van der Waals surface area contributed by atoms with Crippen LogP contribution in [0.1, 0.15) is 38.8 Å². The molecule has 0 radical (unpaired) electrons. The summed E-state index contributed by atoms with van der Waals surface area (Å²) >= 11 is 0. The Bertz CT molecular complexity index is 1210. The van der Waals surface area contributed by atoms with Gasteiger partial charge < -0.3 is 15.0 Å². The van der Waals surface area contributed by atoms with Crippen LogP contribution in [0.15, 0.2) is 78.9 Å². The fourth-order valence-electron chi connectivity index (χ4n) is 4.80. The van der Waals surface area contributed by atoms with Crippen LogP contribution < -0.4 is 0 Å². The zero-order valence-electron chi connectivity index (χ0n) is 16.9. The Morgan fingerprint density at radius 2 is 1.67 bits per heavy atom. The van der Waals surface area contributed by atoms with Crippen LogP contribution >= 0.6 is 0 Å². The molecule has 0 saturated heterocycles. The molecule has 3 aromatic carbocycles. The molecule has 1 aromatic heterocycles. The summed E-state index contributed by atoms with van der Waals surface area (Å²) in [5, 5.41) is 11.5. The van der Waals surface area contributed by atoms with Gasteiger partial charge in [0.05, 0.1) is 18.7 Å². The van der Waals surface area contributed by atoms with Gasteiger partial charge in [0, 0.05) is 27.7 Å². The average molecular weight is 396 g/mol. The molecule has 4 nitrogen and oxygen atoms in total. The number of rotatable bonds is 5. The van der Waals surface area contributed by atoms with Gasteiger partial charge in [-0.25, -0.2) is 0 Å². The average Bonchev–Trinajstić information content (AvgIpc) is 3.26. The normalized spacial score (nSPS) is 16.8. The molecule has 30 heavy (non-hydrogen) atoms. The highest BCUT2D eigenvalue weighted by Gasteiger charge is 2.42. The van der Waals surface area contributed by atoms with Gasteiger partial charge in [-0.1, -0.05) is 66.7 Å². The molecule has 2 heterocycles. The minimum Gasteiger partial charge on any atom is -0.394 e. The van der Waals surface area contributed by atoms with Crippen molar-refractivity contribution in [2.24, 2.45) is 0 Å². The van der Waals surface area contributed by atoms with Crippen molar-refractivity contribution in [1.82, 2.24) is 9.88 Å². The molecular weight excluding hydrogens is 372 g/mol.